The van der Waals surface area contributed by atoms with Crippen LogP contribution in [0, 0.1) is 6.92 Å². The summed E-state index contributed by atoms with van der Waals surface area (Å²) in [6.07, 6.45) is 0. The fraction of sp³-hybridized carbons (Fsp3) is 0.235. The molecule has 0 atom stereocenters. The van der Waals surface area contributed by atoms with E-state index in [0.717, 1.165) is 22.4 Å². The fourth-order valence-corrected chi connectivity index (χ4v) is 2.44. The highest BCUT2D eigenvalue weighted by Gasteiger charge is 2.05. The van der Waals surface area contributed by atoms with Gasteiger partial charge >= 0.3 is 6.03 Å². The number of carbonyl (C=O) groups is 1. The molecule has 0 radical (unpaired) electrons. The van der Waals surface area contributed by atoms with E-state index in [9.17, 15) is 4.79 Å². The Kier molecular flexibility index (Phi) is 5.83. The van der Waals surface area contributed by atoms with E-state index in [0.29, 0.717) is 6.54 Å². The molecule has 2 aromatic rings. The van der Waals surface area contributed by atoms with Gasteiger partial charge in [-0.2, -0.15) is 0 Å². The van der Waals surface area contributed by atoms with Gasteiger partial charge < -0.3 is 15.5 Å². The Labute approximate surface area is 139 Å². The van der Waals surface area contributed by atoms with E-state index in [1.165, 1.54) is 5.56 Å². The van der Waals surface area contributed by atoms with Gasteiger partial charge in [0.1, 0.15) is 0 Å². The maximum Gasteiger partial charge on any atom is 0.319 e. The van der Waals surface area contributed by atoms with Crippen LogP contribution in [-0.2, 0) is 0 Å². The number of anilines is 2. The topological polar surface area (TPSA) is 44.4 Å². The summed E-state index contributed by atoms with van der Waals surface area (Å²) in [7, 11) is 2.02. The molecule has 0 fully saturated rings. The van der Waals surface area contributed by atoms with E-state index < -0.39 is 0 Å². The van der Waals surface area contributed by atoms with Crippen LogP contribution in [0.25, 0.3) is 0 Å². The quantitative estimate of drug-likeness (QED) is 0.844. The molecule has 116 valence electrons. The molecular formula is C17H20BrN3O. The largest absolute Gasteiger partial charge is 0.373 e. The highest BCUT2D eigenvalue weighted by atomic mass is 79.9. The van der Waals surface area contributed by atoms with E-state index in [2.05, 4.69) is 56.6 Å². The second-order valence-electron chi connectivity index (χ2n) is 5.12. The average molecular weight is 362 g/mol. The summed E-state index contributed by atoms with van der Waals surface area (Å²) >= 11 is 3.40. The molecule has 2 amide bonds. The van der Waals surface area contributed by atoms with Gasteiger partial charge in [-0.3, -0.25) is 0 Å². The highest BCUT2D eigenvalue weighted by molar-refractivity contribution is 9.10. The van der Waals surface area contributed by atoms with Crippen molar-refractivity contribution in [2.24, 2.45) is 0 Å². The Hall–Kier alpha value is -2.01. The number of halogens is 1. The predicted molar refractivity (Wildman–Crippen MR) is 95.6 cm³/mol. The molecule has 4 nitrogen and oxygen atoms in total. The molecule has 0 spiro atoms. The lowest BCUT2D eigenvalue weighted by atomic mass is 10.2. The average Bonchev–Trinajstić information content (AvgIpc) is 2.49. The van der Waals surface area contributed by atoms with Crippen LogP contribution in [0.3, 0.4) is 0 Å². The predicted octanol–water partition coefficient (Wildman–Crippen LogP) is 4.02. The monoisotopic (exact) mass is 361 g/mol. The van der Waals surface area contributed by atoms with E-state index in [4.69, 9.17) is 0 Å². The van der Waals surface area contributed by atoms with Gasteiger partial charge in [0.15, 0.2) is 0 Å². The minimum Gasteiger partial charge on any atom is -0.373 e. The Bertz CT molecular complexity index is 645. The second kappa shape index (κ2) is 7.84. The Balaban J connectivity index is 1.78. The molecule has 5 heteroatoms. The molecule has 0 aliphatic heterocycles. The van der Waals surface area contributed by atoms with Crippen LogP contribution in [0.4, 0.5) is 16.2 Å². The van der Waals surface area contributed by atoms with Crippen LogP contribution in [0.2, 0.25) is 0 Å². The molecule has 0 unspecified atom stereocenters. The number of nitrogens with zero attached hydrogens (tertiary/aromatic N) is 1. The molecule has 0 aromatic heterocycles. The summed E-state index contributed by atoms with van der Waals surface area (Å²) in [5.41, 5.74) is 3.13. The summed E-state index contributed by atoms with van der Waals surface area (Å²) < 4.78 is 0.863. The molecule has 2 aromatic carbocycles. The zero-order valence-electron chi connectivity index (χ0n) is 12.8. The van der Waals surface area contributed by atoms with Crippen molar-refractivity contribution in [3.05, 3.63) is 58.6 Å². The number of para-hydroxylation sites is 1. The molecule has 0 bridgehead atoms. The number of nitrogens with one attached hydrogen (secondary N) is 2. The van der Waals surface area contributed by atoms with Crippen molar-refractivity contribution in [2.45, 2.75) is 6.92 Å². The van der Waals surface area contributed by atoms with Gasteiger partial charge in [0.25, 0.3) is 0 Å². The second-order valence-corrected chi connectivity index (χ2v) is 5.98. The van der Waals surface area contributed by atoms with Crippen molar-refractivity contribution < 1.29 is 4.79 Å². The van der Waals surface area contributed by atoms with Gasteiger partial charge in [-0.25, -0.2) is 4.79 Å². The Morgan fingerprint density at radius 3 is 2.68 bits per heavy atom. The van der Waals surface area contributed by atoms with Crippen LogP contribution >= 0.6 is 15.9 Å². The SMILES string of the molecule is Cc1cccc(N(C)CCNC(=O)Nc2ccccc2Br)c1. The van der Waals surface area contributed by atoms with Crippen LogP contribution in [0.1, 0.15) is 5.56 Å². The summed E-state index contributed by atoms with van der Waals surface area (Å²) in [6.45, 7) is 3.38. The summed E-state index contributed by atoms with van der Waals surface area (Å²) in [4.78, 5) is 14.0. The Morgan fingerprint density at radius 1 is 1.18 bits per heavy atom. The van der Waals surface area contributed by atoms with E-state index in [-0.39, 0.29) is 6.03 Å². The van der Waals surface area contributed by atoms with Gasteiger partial charge in [-0.15, -0.1) is 0 Å². The first kappa shape index (κ1) is 16.4. The molecule has 2 N–H and O–H groups in total. The fourth-order valence-electron chi connectivity index (χ4n) is 2.06. The summed E-state index contributed by atoms with van der Waals surface area (Å²) in [6, 6.07) is 15.6. The molecule has 0 saturated heterocycles. The van der Waals surface area contributed by atoms with Crippen molar-refractivity contribution in [1.82, 2.24) is 5.32 Å². The van der Waals surface area contributed by atoms with Crippen LogP contribution in [0.5, 0.6) is 0 Å². The van der Waals surface area contributed by atoms with Crippen LogP contribution < -0.4 is 15.5 Å². The van der Waals surface area contributed by atoms with E-state index in [1.54, 1.807) is 0 Å². The van der Waals surface area contributed by atoms with Gasteiger partial charge in [0, 0.05) is 30.3 Å². The lowest BCUT2D eigenvalue weighted by Gasteiger charge is -2.20. The zero-order chi connectivity index (χ0) is 15.9. The first-order chi connectivity index (χ1) is 10.6. The third-order valence-corrected chi connectivity index (χ3v) is 3.99. The lowest BCUT2D eigenvalue weighted by Crippen LogP contribution is -2.35. The number of urea groups is 1. The summed E-state index contributed by atoms with van der Waals surface area (Å²) in [5, 5.41) is 5.68. The molecule has 0 aliphatic carbocycles. The molecule has 0 aliphatic rings. The van der Waals surface area contributed by atoms with Gasteiger partial charge in [0.05, 0.1) is 5.69 Å². The first-order valence-electron chi connectivity index (χ1n) is 7.13. The van der Waals surface area contributed by atoms with Crippen LogP contribution in [0.15, 0.2) is 53.0 Å². The number of hydrogen-bond donors (Lipinski definition) is 2. The molecule has 22 heavy (non-hydrogen) atoms. The lowest BCUT2D eigenvalue weighted by molar-refractivity contribution is 0.252. The highest BCUT2D eigenvalue weighted by Crippen LogP contribution is 2.20. The minimum atomic E-state index is -0.204. The molecule has 0 heterocycles. The smallest absolute Gasteiger partial charge is 0.319 e. The normalized spacial score (nSPS) is 10.1. The molecule has 0 saturated carbocycles. The minimum absolute atomic E-state index is 0.204. The van der Waals surface area contributed by atoms with Gasteiger partial charge in [0.2, 0.25) is 0 Å². The van der Waals surface area contributed by atoms with E-state index >= 15 is 0 Å². The Morgan fingerprint density at radius 2 is 1.95 bits per heavy atom. The van der Waals surface area contributed by atoms with Gasteiger partial charge in [-0.1, -0.05) is 24.3 Å². The standard InChI is InChI=1S/C17H20BrN3O/c1-13-6-5-7-14(12-13)21(2)11-10-19-17(22)20-16-9-4-3-8-15(16)18/h3-9,12H,10-11H2,1-2H3,(H2,19,20,22). The number of rotatable bonds is 5. The van der Waals surface area contributed by atoms with Crippen molar-refractivity contribution in [3.63, 3.8) is 0 Å². The molecule has 2 rings (SSSR count). The van der Waals surface area contributed by atoms with Crippen LogP contribution in [-0.4, -0.2) is 26.2 Å². The van der Waals surface area contributed by atoms with Crippen molar-refractivity contribution in [1.29, 1.82) is 0 Å². The van der Waals surface area contributed by atoms with Gasteiger partial charge in [-0.05, 0) is 52.7 Å². The number of carbonyl (C=O) groups excluding carboxylic acids is 1. The number of benzene rings is 2. The number of aryl methyl sites for hydroxylation is 1. The number of hydrogen-bond acceptors (Lipinski definition) is 2. The molecular weight excluding hydrogens is 342 g/mol. The van der Waals surface area contributed by atoms with Crippen molar-refractivity contribution >= 4 is 33.3 Å². The summed E-state index contributed by atoms with van der Waals surface area (Å²) in [5.74, 6) is 0. The number of amides is 2. The van der Waals surface area contributed by atoms with Crippen molar-refractivity contribution in [2.75, 3.05) is 30.4 Å². The van der Waals surface area contributed by atoms with Crippen molar-refractivity contribution in [3.8, 4) is 0 Å². The van der Waals surface area contributed by atoms with E-state index in [1.807, 2.05) is 37.4 Å². The zero-order valence-corrected chi connectivity index (χ0v) is 14.4. The third kappa shape index (κ3) is 4.77. The maximum atomic E-state index is 11.9. The third-order valence-electron chi connectivity index (χ3n) is 3.30. The number of likely N-dealkylation sites (N-methyl/N-ethyl adjacent to an activating group) is 1. The maximum absolute atomic E-state index is 11.9. The first-order valence-corrected chi connectivity index (χ1v) is 7.93.